The first kappa shape index (κ1) is 17.1. The van der Waals surface area contributed by atoms with E-state index in [2.05, 4.69) is 10.3 Å². The minimum absolute atomic E-state index is 0.105. The van der Waals surface area contributed by atoms with Gasteiger partial charge in [-0.05, 0) is 24.6 Å². The molecule has 0 unspecified atom stereocenters. The van der Waals surface area contributed by atoms with Crippen LogP contribution in [0.3, 0.4) is 0 Å². The van der Waals surface area contributed by atoms with Gasteiger partial charge in [0.05, 0.1) is 10.6 Å². The maximum Gasteiger partial charge on any atom is 0.324 e. The zero-order chi connectivity index (χ0) is 16.2. The summed E-state index contributed by atoms with van der Waals surface area (Å²) in [4.78, 5) is 10.6. The second-order valence-corrected chi connectivity index (χ2v) is 6.79. The fourth-order valence-electron chi connectivity index (χ4n) is 1.42. The smallest absolute Gasteiger partial charge is 0.324 e. The number of sulfonamides is 1. The van der Waals surface area contributed by atoms with Gasteiger partial charge in [0.2, 0.25) is 10.0 Å². The first-order valence-electron chi connectivity index (χ1n) is 6.02. The van der Waals surface area contributed by atoms with Gasteiger partial charge in [0.25, 0.3) is 0 Å². The highest BCUT2D eigenvalue weighted by molar-refractivity contribution is 7.89. The predicted molar refractivity (Wildman–Crippen MR) is 76.8 cm³/mol. The number of aryl methyl sites for hydroxylation is 1. The van der Waals surface area contributed by atoms with Gasteiger partial charge in [0, 0.05) is 21.1 Å². The maximum absolute atomic E-state index is 12.0. The number of likely N-dealkylation sites (N-methyl/N-ethyl adjacent to an activating group) is 1. The lowest BCUT2D eigenvalue weighted by Crippen LogP contribution is -2.22. The summed E-state index contributed by atoms with van der Waals surface area (Å²) in [5, 5.41) is 17.4. The summed E-state index contributed by atoms with van der Waals surface area (Å²) < 4.78 is 25.2. The number of carboxylic acid groups (broad SMARTS) is 1. The topological polar surface area (TPSA) is 103 Å². The van der Waals surface area contributed by atoms with Gasteiger partial charge in [0.1, 0.15) is 6.54 Å². The van der Waals surface area contributed by atoms with E-state index in [4.69, 9.17) is 5.11 Å². The zero-order valence-corrected chi connectivity index (χ0v) is 13.1. The molecule has 21 heavy (non-hydrogen) atoms. The summed E-state index contributed by atoms with van der Waals surface area (Å²) in [6, 6.07) is 4.52. The summed E-state index contributed by atoms with van der Waals surface area (Å²) in [6.45, 7) is 1.47. The van der Waals surface area contributed by atoms with Crippen LogP contribution in [0.2, 0.25) is 0 Å². The van der Waals surface area contributed by atoms with Crippen LogP contribution in [0.1, 0.15) is 5.56 Å². The maximum atomic E-state index is 12.0. The molecule has 0 bridgehead atoms. The van der Waals surface area contributed by atoms with Crippen molar-refractivity contribution in [2.45, 2.75) is 11.8 Å². The van der Waals surface area contributed by atoms with Crippen molar-refractivity contribution in [3.8, 4) is 0 Å². The van der Waals surface area contributed by atoms with Crippen molar-refractivity contribution in [1.82, 2.24) is 9.31 Å². The van der Waals surface area contributed by atoms with Crippen LogP contribution in [0, 0.1) is 6.92 Å². The number of benzene rings is 1. The number of carbonyl (C=O) groups is 1. The van der Waals surface area contributed by atoms with Crippen LogP contribution in [0.4, 0.5) is 5.69 Å². The molecule has 116 valence electrons. The highest BCUT2D eigenvalue weighted by Crippen LogP contribution is 2.24. The molecule has 0 aliphatic carbocycles. The molecule has 0 aliphatic rings. The first-order valence-corrected chi connectivity index (χ1v) is 7.46. The Morgan fingerprint density at radius 1 is 1.29 bits per heavy atom. The van der Waals surface area contributed by atoms with Gasteiger partial charge in [0.15, 0.2) is 0 Å². The molecule has 0 saturated carbocycles. The lowest BCUT2D eigenvalue weighted by atomic mass is 10.2. The summed E-state index contributed by atoms with van der Waals surface area (Å²) in [7, 11) is 0.799. The second-order valence-electron chi connectivity index (χ2n) is 4.63. The molecule has 0 heterocycles. The third-order valence-corrected chi connectivity index (χ3v) is 4.44. The number of hydrogen-bond donors (Lipinski definition) is 1. The zero-order valence-electron chi connectivity index (χ0n) is 12.3. The van der Waals surface area contributed by atoms with Crippen molar-refractivity contribution in [2.24, 2.45) is 10.3 Å². The Kier molecular flexibility index (Phi) is 5.39. The minimum Gasteiger partial charge on any atom is -0.480 e. The van der Waals surface area contributed by atoms with E-state index in [0.717, 1.165) is 14.9 Å². The van der Waals surface area contributed by atoms with E-state index < -0.39 is 16.0 Å². The molecular weight excluding hydrogens is 296 g/mol. The Morgan fingerprint density at radius 3 is 2.43 bits per heavy atom. The highest BCUT2D eigenvalue weighted by atomic mass is 32.2. The van der Waals surface area contributed by atoms with Gasteiger partial charge in [-0.3, -0.25) is 9.80 Å². The molecule has 9 heteroatoms. The van der Waals surface area contributed by atoms with Crippen molar-refractivity contribution in [2.75, 3.05) is 27.7 Å². The van der Waals surface area contributed by atoms with Crippen molar-refractivity contribution >= 4 is 21.7 Å². The molecule has 1 N–H and O–H groups in total. The van der Waals surface area contributed by atoms with E-state index in [9.17, 15) is 13.2 Å². The van der Waals surface area contributed by atoms with Crippen LogP contribution < -0.4 is 0 Å². The predicted octanol–water partition coefficient (Wildman–Crippen LogP) is 1.26. The average molecular weight is 314 g/mol. The Balaban J connectivity index is 3.09. The molecule has 0 amide bonds. The molecule has 0 fully saturated rings. The van der Waals surface area contributed by atoms with E-state index in [-0.39, 0.29) is 11.4 Å². The molecule has 0 atom stereocenters. The molecule has 0 aliphatic heterocycles. The van der Waals surface area contributed by atoms with E-state index in [1.54, 1.807) is 13.0 Å². The molecule has 0 aromatic heterocycles. The molecule has 8 nitrogen and oxygen atoms in total. The van der Waals surface area contributed by atoms with Gasteiger partial charge in [-0.25, -0.2) is 12.7 Å². The Morgan fingerprint density at radius 2 is 1.90 bits per heavy atom. The fraction of sp³-hybridized carbons (Fsp3) is 0.417. The van der Waals surface area contributed by atoms with E-state index in [1.165, 1.54) is 33.3 Å². The van der Waals surface area contributed by atoms with Gasteiger partial charge in [-0.15, -0.1) is 5.11 Å². The van der Waals surface area contributed by atoms with Crippen LogP contribution in [-0.4, -0.2) is 56.5 Å². The van der Waals surface area contributed by atoms with Gasteiger partial charge >= 0.3 is 5.97 Å². The number of aliphatic carboxylic acids is 1. The summed E-state index contributed by atoms with van der Waals surface area (Å²) in [5.74, 6) is -1.03. The minimum atomic E-state index is -3.55. The highest BCUT2D eigenvalue weighted by Gasteiger charge is 2.18. The van der Waals surface area contributed by atoms with Crippen LogP contribution in [0.15, 0.2) is 33.4 Å². The van der Waals surface area contributed by atoms with Gasteiger partial charge in [-0.2, -0.15) is 0 Å². The van der Waals surface area contributed by atoms with E-state index >= 15 is 0 Å². The number of rotatable bonds is 6. The Labute approximate surface area is 123 Å². The molecule has 0 radical (unpaired) electrons. The van der Waals surface area contributed by atoms with Crippen LogP contribution in [-0.2, 0) is 14.8 Å². The van der Waals surface area contributed by atoms with Gasteiger partial charge < -0.3 is 5.11 Å². The largest absolute Gasteiger partial charge is 0.480 e. The van der Waals surface area contributed by atoms with Crippen molar-refractivity contribution in [1.29, 1.82) is 0 Å². The summed E-state index contributed by atoms with van der Waals surface area (Å²) in [5.41, 5.74) is 1.11. The lowest BCUT2D eigenvalue weighted by molar-refractivity contribution is -0.138. The summed E-state index contributed by atoms with van der Waals surface area (Å²) in [6.07, 6.45) is 0. The van der Waals surface area contributed by atoms with E-state index in [0.29, 0.717) is 5.69 Å². The number of hydrogen-bond acceptors (Lipinski definition) is 5. The molecular formula is C12H18N4O4S. The molecule has 1 aromatic carbocycles. The first-order chi connectivity index (χ1) is 9.64. The van der Waals surface area contributed by atoms with Crippen molar-refractivity contribution < 1.29 is 18.3 Å². The quantitative estimate of drug-likeness (QED) is 0.629. The van der Waals surface area contributed by atoms with Crippen molar-refractivity contribution in [3.05, 3.63) is 23.8 Å². The third-order valence-electron chi connectivity index (χ3n) is 2.63. The van der Waals surface area contributed by atoms with Gasteiger partial charge in [-0.1, -0.05) is 11.3 Å². The lowest BCUT2D eigenvalue weighted by Gasteiger charge is -2.12. The Hall–Kier alpha value is -2.00. The van der Waals surface area contributed by atoms with Crippen molar-refractivity contribution in [3.63, 3.8) is 0 Å². The fourth-order valence-corrected chi connectivity index (χ4v) is 2.34. The monoisotopic (exact) mass is 314 g/mol. The third kappa shape index (κ3) is 4.50. The Bertz CT molecular complexity index is 655. The van der Waals surface area contributed by atoms with Crippen LogP contribution in [0.25, 0.3) is 0 Å². The molecule has 0 spiro atoms. The standard InChI is InChI=1S/C12H18N4O4S/c1-9-5-6-10(21(19,20)15(2)3)7-11(9)13-14-16(4)8-12(17)18/h5-7H,8H2,1-4H3,(H,17,18)/b14-13+. The number of nitrogens with zero attached hydrogens (tertiary/aromatic N) is 4. The summed E-state index contributed by atoms with van der Waals surface area (Å²) >= 11 is 0. The SMILES string of the molecule is Cc1ccc(S(=O)(=O)N(C)C)cc1/N=N/N(C)CC(=O)O. The van der Waals surface area contributed by atoms with Crippen LogP contribution >= 0.6 is 0 Å². The van der Waals surface area contributed by atoms with E-state index in [1.807, 2.05) is 0 Å². The molecule has 0 saturated heterocycles. The number of carboxylic acids is 1. The molecule has 1 rings (SSSR count). The van der Waals surface area contributed by atoms with Crippen LogP contribution in [0.5, 0.6) is 0 Å². The average Bonchev–Trinajstić information content (AvgIpc) is 2.36. The normalized spacial score (nSPS) is 12.0. The molecule has 1 aromatic rings. The second kappa shape index (κ2) is 6.64.